The van der Waals surface area contributed by atoms with Gasteiger partial charge in [0.15, 0.2) is 10.9 Å². The average Bonchev–Trinajstić information content (AvgIpc) is 2.62. The smallest absolute Gasteiger partial charge is 0.229 e. The fourth-order valence-electron chi connectivity index (χ4n) is 1.72. The van der Waals surface area contributed by atoms with Gasteiger partial charge in [-0.25, -0.2) is 4.98 Å². The molecular weight excluding hydrogens is 297 g/mol. The van der Waals surface area contributed by atoms with Crippen LogP contribution in [0, 0.1) is 0 Å². The van der Waals surface area contributed by atoms with E-state index in [4.69, 9.17) is 23.2 Å². The summed E-state index contributed by atoms with van der Waals surface area (Å²) >= 11 is 12.8. The zero-order valence-electron chi connectivity index (χ0n) is 9.39. The lowest BCUT2D eigenvalue weighted by atomic mass is 10.4. The number of amides is 1. The largest absolute Gasteiger partial charge is 0.294 e. The second-order valence-corrected chi connectivity index (χ2v) is 5.97. The predicted molar refractivity (Wildman–Crippen MR) is 71.1 cm³/mol. The maximum Gasteiger partial charge on any atom is 0.229 e. The first kappa shape index (κ1) is 13.6. The molecule has 1 aliphatic heterocycles. The summed E-state index contributed by atoms with van der Waals surface area (Å²) in [7, 11) is 0. The van der Waals surface area contributed by atoms with Crippen LogP contribution >= 0.6 is 35.0 Å². The van der Waals surface area contributed by atoms with Crippen LogP contribution in [0.5, 0.6) is 0 Å². The number of halogens is 2. The fraction of sp³-hybridized carbons (Fsp3) is 0.400. The van der Waals surface area contributed by atoms with E-state index in [1.807, 2.05) is 0 Å². The minimum atomic E-state index is -0.120. The lowest BCUT2D eigenvalue weighted by Crippen LogP contribution is -2.26. The number of hydrogen-bond donors (Lipinski definition) is 0. The van der Waals surface area contributed by atoms with Crippen molar-refractivity contribution in [3.8, 4) is 0 Å². The molecular formula is C10H9Cl2N3O2S. The number of rotatable bonds is 2. The number of carbonyl (C=O) groups is 2. The van der Waals surface area contributed by atoms with Crippen molar-refractivity contribution in [2.24, 2.45) is 0 Å². The molecule has 18 heavy (non-hydrogen) atoms. The van der Waals surface area contributed by atoms with Gasteiger partial charge in [-0.1, -0.05) is 23.4 Å². The Bertz CT molecular complexity index is 512. The van der Waals surface area contributed by atoms with E-state index in [2.05, 4.69) is 9.97 Å². The molecule has 0 radical (unpaired) electrons. The lowest BCUT2D eigenvalue weighted by Gasteiger charge is -2.16. The Labute approximate surface area is 118 Å². The minimum Gasteiger partial charge on any atom is -0.294 e. The van der Waals surface area contributed by atoms with Crippen molar-refractivity contribution in [1.29, 1.82) is 0 Å². The molecule has 8 heteroatoms. The van der Waals surface area contributed by atoms with Crippen LogP contribution in [0.2, 0.25) is 10.3 Å². The van der Waals surface area contributed by atoms with Gasteiger partial charge >= 0.3 is 0 Å². The first-order valence-electron chi connectivity index (χ1n) is 5.13. The van der Waals surface area contributed by atoms with Crippen molar-refractivity contribution in [2.45, 2.75) is 18.6 Å². The van der Waals surface area contributed by atoms with Gasteiger partial charge in [0.2, 0.25) is 11.2 Å². The number of hydrogen-bond acceptors (Lipinski definition) is 5. The van der Waals surface area contributed by atoms with Gasteiger partial charge in [0, 0.05) is 25.1 Å². The summed E-state index contributed by atoms with van der Waals surface area (Å²) in [5.74, 6) is 0.179. The number of thioether (sulfide) groups is 1. The van der Waals surface area contributed by atoms with Crippen molar-refractivity contribution in [1.82, 2.24) is 9.97 Å². The van der Waals surface area contributed by atoms with Gasteiger partial charge in [-0.2, -0.15) is 4.98 Å². The molecule has 96 valence electrons. The molecule has 1 aromatic rings. The van der Waals surface area contributed by atoms with Crippen molar-refractivity contribution < 1.29 is 9.59 Å². The van der Waals surface area contributed by atoms with E-state index in [1.165, 1.54) is 18.0 Å². The normalized spacial score (nSPS) is 19.4. The maximum atomic E-state index is 11.9. The van der Waals surface area contributed by atoms with Crippen LogP contribution in [0.1, 0.15) is 13.3 Å². The van der Waals surface area contributed by atoms with E-state index in [0.717, 1.165) is 11.8 Å². The third-order valence-corrected chi connectivity index (χ3v) is 3.80. The van der Waals surface area contributed by atoms with Crippen molar-refractivity contribution >= 4 is 51.8 Å². The van der Waals surface area contributed by atoms with Gasteiger partial charge in [-0.05, 0) is 11.6 Å². The molecule has 0 aromatic carbocycles. The highest BCUT2D eigenvalue weighted by molar-refractivity contribution is 8.14. The number of carbonyl (C=O) groups excluding carboxylic acids is 2. The second kappa shape index (κ2) is 5.42. The predicted octanol–water partition coefficient (Wildman–Crippen LogP) is 2.17. The van der Waals surface area contributed by atoms with E-state index in [1.54, 1.807) is 0 Å². The molecule has 0 saturated carbocycles. The zero-order chi connectivity index (χ0) is 13.3. The summed E-state index contributed by atoms with van der Waals surface area (Å²) < 4.78 is 0. The van der Waals surface area contributed by atoms with E-state index in [9.17, 15) is 9.59 Å². The van der Waals surface area contributed by atoms with Crippen molar-refractivity contribution in [2.75, 3.05) is 11.4 Å². The first-order chi connectivity index (χ1) is 8.47. The summed E-state index contributed by atoms with van der Waals surface area (Å²) in [6.45, 7) is 1.88. The third kappa shape index (κ3) is 2.93. The van der Waals surface area contributed by atoms with Gasteiger partial charge in [-0.3, -0.25) is 14.5 Å². The molecule has 0 aliphatic carbocycles. The van der Waals surface area contributed by atoms with Gasteiger partial charge in [0.1, 0.15) is 5.02 Å². The fourth-order valence-corrected chi connectivity index (χ4v) is 2.96. The molecule has 1 amide bonds. The highest BCUT2D eigenvalue weighted by atomic mass is 35.5. The summed E-state index contributed by atoms with van der Waals surface area (Å²) in [4.78, 5) is 32.0. The summed E-state index contributed by atoms with van der Waals surface area (Å²) in [6.07, 6.45) is 1.65. The van der Waals surface area contributed by atoms with Crippen LogP contribution in [0.3, 0.4) is 0 Å². The summed E-state index contributed by atoms with van der Waals surface area (Å²) in [5, 5.41) is 0.215. The van der Waals surface area contributed by atoms with Crippen LogP contribution in [0.4, 0.5) is 5.82 Å². The molecule has 1 aromatic heterocycles. The average molecular weight is 306 g/mol. The second-order valence-electron chi connectivity index (χ2n) is 3.75. The first-order valence-corrected chi connectivity index (χ1v) is 6.76. The number of aromatic nitrogens is 2. The molecule has 0 bridgehead atoms. The maximum absolute atomic E-state index is 11.9. The minimum absolute atomic E-state index is 0.0125. The quantitative estimate of drug-likeness (QED) is 0.784. The molecule has 1 aliphatic rings. The van der Waals surface area contributed by atoms with E-state index >= 15 is 0 Å². The molecule has 1 atom stereocenters. The SMILES string of the molecule is CC(=O)SC1CC(=O)N(c2nc(Cl)ncc2Cl)C1. The summed E-state index contributed by atoms with van der Waals surface area (Å²) in [5.41, 5.74) is 0. The highest BCUT2D eigenvalue weighted by Crippen LogP contribution is 2.31. The Kier molecular flexibility index (Phi) is 4.09. The zero-order valence-corrected chi connectivity index (χ0v) is 11.7. The van der Waals surface area contributed by atoms with Crippen LogP contribution in [-0.4, -0.2) is 32.8 Å². The van der Waals surface area contributed by atoms with E-state index in [-0.39, 0.29) is 26.6 Å². The highest BCUT2D eigenvalue weighted by Gasteiger charge is 2.33. The number of anilines is 1. The van der Waals surface area contributed by atoms with Crippen LogP contribution < -0.4 is 4.90 Å². The van der Waals surface area contributed by atoms with Gasteiger partial charge in [-0.15, -0.1) is 0 Å². The van der Waals surface area contributed by atoms with Gasteiger partial charge in [0.25, 0.3) is 0 Å². The number of nitrogens with zero attached hydrogens (tertiary/aromatic N) is 3. The van der Waals surface area contributed by atoms with E-state index < -0.39 is 0 Å². The van der Waals surface area contributed by atoms with Crippen LogP contribution in [0.15, 0.2) is 6.20 Å². The molecule has 1 unspecified atom stereocenters. The Balaban J connectivity index is 2.21. The molecule has 1 saturated heterocycles. The molecule has 2 heterocycles. The lowest BCUT2D eigenvalue weighted by molar-refractivity contribution is -0.117. The third-order valence-electron chi connectivity index (χ3n) is 2.37. The Morgan fingerprint density at radius 3 is 2.94 bits per heavy atom. The van der Waals surface area contributed by atoms with Crippen molar-refractivity contribution in [3.63, 3.8) is 0 Å². The van der Waals surface area contributed by atoms with Crippen LogP contribution in [-0.2, 0) is 9.59 Å². The molecule has 2 rings (SSSR count). The van der Waals surface area contributed by atoms with Crippen LogP contribution in [0.25, 0.3) is 0 Å². The molecule has 0 spiro atoms. The Hall–Kier alpha value is -0.850. The summed E-state index contributed by atoms with van der Waals surface area (Å²) in [6, 6.07) is 0. The van der Waals surface area contributed by atoms with Crippen molar-refractivity contribution in [3.05, 3.63) is 16.5 Å². The Morgan fingerprint density at radius 2 is 2.28 bits per heavy atom. The van der Waals surface area contributed by atoms with E-state index in [0.29, 0.717) is 18.8 Å². The molecule has 1 fully saturated rings. The topological polar surface area (TPSA) is 63.2 Å². The monoisotopic (exact) mass is 305 g/mol. The standard InChI is InChI=1S/C10H9Cl2N3O2S/c1-5(16)18-6-2-8(17)15(4-6)9-7(11)3-13-10(12)14-9/h3,6H,2,4H2,1H3. The molecule has 5 nitrogen and oxygen atoms in total. The van der Waals surface area contributed by atoms with Gasteiger partial charge in [0.05, 0.1) is 6.20 Å². The van der Waals surface area contributed by atoms with Gasteiger partial charge < -0.3 is 0 Å². The Morgan fingerprint density at radius 1 is 1.56 bits per heavy atom. The molecule has 0 N–H and O–H groups in total.